The number of hydrogen-bond acceptors (Lipinski definition) is 4. The molecule has 1 atom stereocenters. The minimum Gasteiger partial charge on any atom is -0.406 e. The number of piperidine rings is 1. The van der Waals surface area contributed by atoms with Crippen LogP contribution in [-0.4, -0.2) is 39.1 Å². The molecule has 1 aliphatic heterocycles. The molecule has 1 saturated heterocycles. The summed E-state index contributed by atoms with van der Waals surface area (Å²) in [5.41, 5.74) is 1.20. The van der Waals surface area contributed by atoms with Gasteiger partial charge in [0.15, 0.2) is 0 Å². The summed E-state index contributed by atoms with van der Waals surface area (Å²) in [4.78, 5) is 17.4. The number of ether oxygens (including phenoxy) is 1. The molecule has 2 heterocycles. The van der Waals surface area contributed by atoms with Crippen molar-refractivity contribution in [2.24, 2.45) is 0 Å². The van der Waals surface area contributed by atoms with Crippen molar-refractivity contribution in [1.29, 1.82) is 0 Å². The number of hydrogen-bond donors (Lipinski definition) is 1. The molecule has 1 fully saturated rings. The van der Waals surface area contributed by atoms with Crippen LogP contribution in [0.2, 0.25) is 5.02 Å². The molecule has 3 aromatic rings. The zero-order chi connectivity index (χ0) is 22.0. The Labute approximate surface area is 181 Å². The van der Waals surface area contributed by atoms with Gasteiger partial charge < -0.3 is 4.74 Å². The third kappa shape index (κ3) is 5.48. The molecule has 0 aliphatic carbocycles. The van der Waals surface area contributed by atoms with Crippen molar-refractivity contribution in [3.63, 3.8) is 0 Å². The monoisotopic (exact) mass is 452 g/mol. The van der Waals surface area contributed by atoms with Crippen molar-refractivity contribution < 1.29 is 17.9 Å². The van der Waals surface area contributed by atoms with Gasteiger partial charge in [-0.3, -0.25) is 9.88 Å². The Hall–Kier alpha value is -2.78. The summed E-state index contributed by atoms with van der Waals surface area (Å²) in [5.74, 6) is 0.444. The lowest BCUT2D eigenvalue weighted by Crippen LogP contribution is -2.34. The average molecular weight is 453 g/mol. The standard InChI is InChI=1S/C21H20ClF3N4O2/c22-16-5-7-17(8-6-16)29-20(30)26-19(27-29)15-2-1-11-28(13-15)12-14-3-9-18(10-4-14)31-21(23,24)25/h3-10,15H,1-2,11-13H2,(H,26,27,30). The van der Waals surface area contributed by atoms with Gasteiger partial charge in [-0.05, 0) is 61.3 Å². The van der Waals surface area contributed by atoms with E-state index in [9.17, 15) is 18.0 Å². The fourth-order valence-corrected chi connectivity index (χ4v) is 3.88. The van der Waals surface area contributed by atoms with Crippen LogP contribution in [0.1, 0.15) is 30.1 Å². The average Bonchev–Trinajstić information content (AvgIpc) is 3.11. The topological polar surface area (TPSA) is 63.1 Å². The minimum absolute atomic E-state index is 0.0582. The van der Waals surface area contributed by atoms with Crippen LogP contribution in [0.15, 0.2) is 53.3 Å². The second-order valence-electron chi connectivity index (χ2n) is 7.47. The Morgan fingerprint density at radius 3 is 2.52 bits per heavy atom. The molecule has 10 heteroatoms. The summed E-state index contributed by atoms with van der Waals surface area (Å²) in [6.07, 6.45) is -2.88. The molecule has 1 aliphatic rings. The van der Waals surface area contributed by atoms with E-state index in [4.69, 9.17) is 11.6 Å². The highest BCUT2D eigenvalue weighted by Crippen LogP contribution is 2.27. The first-order chi connectivity index (χ1) is 14.8. The summed E-state index contributed by atoms with van der Waals surface area (Å²) >= 11 is 5.91. The van der Waals surface area contributed by atoms with E-state index in [1.165, 1.54) is 16.8 Å². The number of nitrogens with zero attached hydrogens (tertiary/aromatic N) is 3. The Balaban J connectivity index is 1.42. The first-order valence-electron chi connectivity index (χ1n) is 9.79. The van der Waals surface area contributed by atoms with Gasteiger partial charge in [-0.2, -0.15) is 4.68 Å². The van der Waals surface area contributed by atoms with E-state index >= 15 is 0 Å². The Kier molecular flexibility index (Phi) is 6.06. The van der Waals surface area contributed by atoms with Gasteiger partial charge in [0.05, 0.1) is 5.69 Å². The van der Waals surface area contributed by atoms with Gasteiger partial charge in [-0.25, -0.2) is 4.79 Å². The van der Waals surface area contributed by atoms with Crippen molar-refractivity contribution in [1.82, 2.24) is 19.7 Å². The van der Waals surface area contributed by atoms with Gasteiger partial charge in [-0.1, -0.05) is 23.7 Å². The lowest BCUT2D eigenvalue weighted by Gasteiger charge is -2.31. The highest BCUT2D eigenvalue weighted by molar-refractivity contribution is 6.30. The van der Waals surface area contributed by atoms with E-state index in [-0.39, 0.29) is 17.4 Å². The molecule has 164 valence electrons. The van der Waals surface area contributed by atoms with E-state index in [1.807, 2.05) is 0 Å². The summed E-state index contributed by atoms with van der Waals surface area (Å²) in [7, 11) is 0. The van der Waals surface area contributed by atoms with E-state index < -0.39 is 6.36 Å². The number of rotatable bonds is 5. The van der Waals surface area contributed by atoms with Crippen LogP contribution >= 0.6 is 11.6 Å². The molecular weight excluding hydrogens is 433 g/mol. The third-order valence-electron chi connectivity index (χ3n) is 5.16. The zero-order valence-corrected chi connectivity index (χ0v) is 17.2. The van der Waals surface area contributed by atoms with Crippen molar-refractivity contribution >= 4 is 11.6 Å². The summed E-state index contributed by atoms with van der Waals surface area (Å²) in [5, 5.41) is 5.05. The largest absolute Gasteiger partial charge is 0.573 e. The molecule has 1 unspecified atom stereocenters. The molecular formula is C21H20ClF3N4O2. The molecule has 31 heavy (non-hydrogen) atoms. The molecule has 6 nitrogen and oxygen atoms in total. The molecule has 0 bridgehead atoms. The van der Waals surface area contributed by atoms with Crippen molar-refractivity contribution in [3.05, 3.63) is 75.4 Å². The SMILES string of the molecule is O=c1[nH]c(C2CCCN(Cc3ccc(OC(F)(F)F)cc3)C2)nn1-c1ccc(Cl)cc1. The second kappa shape index (κ2) is 8.76. The van der Waals surface area contributed by atoms with E-state index in [0.717, 1.165) is 24.9 Å². The van der Waals surface area contributed by atoms with Crippen LogP contribution in [0.3, 0.4) is 0 Å². The highest BCUT2D eigenvalue weighted by Gasteiger charge is 2.31. The maximum Gasteiger partial charge on any atom is 0.573 e. The molecule has 4 rings (SSSR count). The normalized spacial score (nSPS) is 17.6. The van der Waals surface area contributed by atoms with Gasteiger partial charge in [0.25, 0.3) is 0 Å². The number of aromatic amines is 1. The number of halogens is 4. The van der Waals surface area contributed by atoms with Crippen LogP contribution in [0.25, 0.3) is 5.69 Å². The molecule has 0 amide bonds. The van der Waals surface area contributed by atoms with Crippen LogP contribution in [0.5, 0.6) is 5.75 Å². The summed E-state index contributed by atoms with van der Waals surface area (Å²) < 4.78 is 42.2. The minimum atomic E-state index is -4.70. The molecule has 1 aromatic heterocycles. The van der Waals surface area contributed by atoms with Crippen molar-refractivity contribution in [3.8, 4) is 11.4 Å². The van der Waals surface area contributed by atoms with Crippen molar-refractivity contribution in [2.45, 2.75) is 31.7 Å². The number of aromatic nitrogens is 3. The number of alkyl halides is 3. The highest BCUT2D eigenvalue weighted by atomic mass is 35.5. The number of nitrogens with one attached hydrogen (secondary N) is 1. The predicted molar refractivity (Wildman–Crippen MR) is 110 cm³/mol. The number of likely N-dealkylation sites (tertiary alicyclic amines) is 1. The molecule has 0 spiro atoms. The van der Waals surface area contributed by atoms with E-state index in [1.54, 1.807) is 36.4 Å². The molecule has 2 aromatic carbocycles. The maximum atomic E-state index is 12.4. The number of H-pyrrole nitrogens is 1. The van der Waals surface area contributed by atoms with Crippen LogP contribution in [-0.2, 0) is 6.54 Å². The fourth-order valence-electron chi connectivity index (χ4n) is 3.76. The van der Waals surface area contributed by atoms with Gasteiger partial charge in [0, 0.05) is 24.0 Å². The fraction of sp³-hybridized carbons (Fsp3) is 0.333. The first-order valence-corrected chi connectivity index (χ1v) is 10.2. The maximum absolute atomic E-state index is 12.4. The van der Waals surface area contributed by atoms with E-state index in [2.05, 4.69) is 19.7 Å². The summed E-state index contributed by atoms with van der Waals surface area (Å²) in [6.45, 7) is 2.14. The van der Waals surface area contributed by atoms with Gasteiger partial charge in [0.1, 0.15) is 11.6 Å². The first kappa shape index (κ1) is 21.5. The van der Waals surface area contributed by atoms with Crippen LogP contribution in [0.4, 0.5) is 13.2 Å². The van der Waals surface area contributed by atoms with E-state index in [0.29, 0.717) is 29.6 Å². The Bertz CT molecular complexity index is 1080. The Morgan fingerprint density at radius 2 is 1.84 bits per heavy atom. The smallest absolute Gasteiger partial charge is 0.406 e. The molecule has 0 saturated carbocycles. The quantitative estimate of drug-likeness (QED) is 0.619. The van der Waals surface area contributed by atoms with Gasteiger partial charge in [0.2, 0.25) is 0 Å². The lowest BCUT2D eigenvalue weighted by molar-refractivity contribution is -0.274. The zero-order valence-electron chi connectivity index (χ0n) is 16.4. The molecule has 1 N–H and O–H groups in total. The predicted octanol–water partition coefficient (Wildman–Crippen LogP) is 4.49. The second-order valence-corrected chi connectivity index (χ2v) is 7.91. The molecule has 0 radical (unpaired) electrons. The Morgan fingerprint density at radius 1 is 1.13 bits per heavy atom. The lowest BCUT2D eigenvalue weighted by atomic mass is 9.97. The van der Waals surface area contributed by atoms with Crippen LogP contribution < -0.4 is 10.4 Å². The van der Waals surface area contributed by atoms with Crippen LogP contribution in [0, 0.1) is 0 Å². The van der Waals surface area contributed by atoms with Gasteiger partial charge in [-0.15, -0.1) is 18.3 Å². The van der Waals surface area contributed by atoms with Crippen molar-refractivity contribution in [2.75, 3.05) is 13.1 Å². The van der Waals surface area contributed by atoms with Gasteiger partial charge >= 0.3 is 12.1 Å². The summed E-state index contributed by atoms with van der Waals surface area (Å²) in [6, 6.07) is 12.7. The number of benzene rings is 2. The third-order valence-corrected chi connectivity index (χ3v) is 5.41.